The summed E-state index contributed by atoms with van der Waals surface area (Å²) in [6.45, 7) is 0.683. The van der Waals surface area contributed by atoms with E-state index in [1.54, 1.807) is 11.8 Å². The maximum atomic E-state index is 11.8. The van der Waals surface area contributed by atoms with Crippen LogP contribution in [-0.2, 0) is 4.74 Å². The molecule has 6 heteroatoms. The first kappa shape index (κ1) is 12.1. The molecule has 1 aliphatic heterocycles. The highest BCUT2D eigenvalue weighted by atomic mass is 32.2. The van der Waals surface area contributed by atoms with Crippen molar-refractivity contribution < 1.29 is 14.5 Å². The van der Waals surface area contributed by atoms with Crippen LogP contribution in [0.15, 0.2) is 24.3 Å². The summed E-state index contributed by atoms with van der Waals surface area (Å²) in [6.07, 6.45) is 0.322. The van der Waals surface area contributed by atoms with Crippen molar-refractivity contribution in [2.24, 2.45) is 0 Å². The minimum atomic E-state index is -0.482. The van der Waals surface area contributed by atoms with Crippen molar-refractivity contribution in [2.45, 2.75) is 11.9 Å². The van der Waals surface area contributed by atoms with Gasteiger partial charge >= 0.3 is 0 Å². The molecule has 1 atom stereocenters. The Kier molecular flexibility index (Phi) is 3.75. The Labute approximate surface area is 102 Å². The third kappa shape index (κ3) is 3.04. The molecule has 0 saturated carbocycles. The van der Waals surface area contributed by atoms with Gasteiger partial charge in [-0.1, -0.05) is 0 Å². The van der Waals surface area contributed by atoms with Gasteiger partial charge in [0.1, 0.15) is 5.44 Å². The van der Waals surface area contributed by atoms with Crippen LogP contribution in [0.25, 0.3) is 0 Å². The van der Waals surface area contributed by atoms with E-state index in [2.05, 4.69) is 0 Å². The highest BCUT2D eigenvalue weighted by Gasteiger charge is 2.20. The Morgan fingerprint density at radius 1 is 1.47 bits per heavy atom. The van der Waals surface area contributed by atoms with Crippen molar-refractivity contribution in [3.8, 4) is 0 Å². The van der Waals surface area contributed by atoms with Gasteiger partial charge in [0, 0.05) is 29.9 Å². The maximum Gasteiger partial charge on any atom is 0.269 e. The molecule has 5 nitrogen and oxygen atoms in total. The molecule has 90 valence electrons. The number of nitro groups is 1. The van der Waals surface area contributed by atoms with E-state index in [0.29, 0.717) is 18.6 Å². The van der Waals surface area contributed by atoms with E-state index in [1.807, 2.05) is 0 Å². The zero-order chi connectivity index (χ0) is 12.3. The summed E-state index contributed by atoms with van der Waals surface area (Å²) in [5.41, 5.74) is 0.414. The number of nitrogens with zero attached hydrogens (tertiary/aromatic N) is 1. The monoisotopic (exact) mass is 253 g/mol. The van der Waals surface area contributed by atoms with Gasteiger partial charge in [-0.25, -0.2) is 0 Å². The molecule has 0 amide bonds. The number of Topliss-reactive ketones (excluding diaryl/α,β-unsaturated/α-hetero) is 1. The summed E-state index contributed by atoms with van der Waals surface area (Å²) in [5, 5.41) is 10.5. The van der Waals surface area contributed by atoms with E-state index in [9.17, 15) is 14.9 Å². The number of nitro benzene ring substituents is 1. The normalized spacial score (nSPS) is 19.2. The molecule has 1 aromatic rings. The molecule has 0 spiro atoms. The lowest BCUT2D eigenvalue weighted by Gasteiger charge is -2.07. The van der Waals surface area contributed by atoms with Crippen molar-refractivity contribution in [3.05, 3.63) is 39.9 Å². The first-order valence-corrected chi connectivity index (χ1v) is 6.22. The highest BCUT2D eigenvalue weighted by molar-refractivity contribution is 8.00. The van der Waals surface area contributed by atoms with E-state index in [4.69, 9.17) is 4.74 Å². The molecule has 1 unspecified atom stereocenters. The van der Waals surface area contributed by atoms with Gasteiger partial charge < -0.3 is 4.74 Å². The standard InChI is InChI=1S/C11H11NO4S/c13-10(7-11-16-5-6-17-11)8-1-3-9(4-2-8)12(14)15/h1-4,11H,5-7H2. The molecular formula is C11H11NO4S. The van der Waals surface area contributed by atoms with E-state index in [0.717, 1.165) is 5.75 Å². The minimum absolute atomic E-state index is 0.00644. The van der Waals surface area contributed by atoms with Crippen LogP contribution in [0.2, 0.25) is 0 Å². The summed E-state index contributed by atoms with van der Waals surface area (Å²) >= 11 is 1.62. The van der Waals surface area contributed by atoms with Crippen LogP contribution in [0.1, 0.15) is 16.8 Å². The molecule has 17 heavy (non-hydrogen) atoms. The Balaban J connectivity index is 2.01. The smallest absolute Gasteiger partial charge is 0.269 e. The summed E-state index contributed by atoms with van der Waals surface area (Å²) in [7, 11) is 0. The van der Waals surface area contributed by atoms with Crippen molar-refractivity contribution in [1.29, 1.82) is 0 Å². The molecule has 1 saturated heterocycles. The van der Waals surface area contributed by atoms with Crippen LogP contribution in [0.3, 0.4) is 0 Å². The average Bonchev–Trinajstić information content (AvgIpc) is 2.82. The van der Waals surface area contributed by atoms with Crippen molar-refractivity contribution in [2.75, 3.05) is 12.4 Å². The Bertz CT molecular complexity index is 426. The van der Waals surface area contributed by atoms with Gasteiger partial charge in [-0.05, 0) is 12.1 Å². The molecule has 0 aliphatic carbocycles. The molecule has 0 bridgehead atoms. The zero-order valence-corrected chi connectivity index (χ0v) is 9.81. The Morgan fingerprint density at radius 2 is 2.18 bits per heavy atom. The molecule has 1 aromatic carbocycles. The lowest BCUT2D eigenvalue weighted by molar-refractivity contribution is -0.384. The third-order valence-corrected chi connectivity index (χ3v) is 3.52. The van der Waals surface area contributed by atoms with Gasteiger partial charge in [-0.2, -0.15) is 0 Å². The van der Waals surface area contributed by atoms with Gasteiger partial charge in [-0.15, -0.1) is 11.8 Å². The molecular weight excluding hydrogens is 242 g/mol. The highest BCUT2D eigenvalue weighted by Crippen LogP contribution is 2.24. The number of hydrogen-bond acceptors (Lipinski definition) is 5. The minimum Gasteiger partial charge on any atom is -0.366 e. The molecule has 2 rings (SSSR count). The van der Waals surface area contributed by atoms with E-state index >= 15 is 0 Å². The number of non-ortho nitro benzene ring substituents is 1. The van der Waals surface area contributed by atoms with Gasteiger partial charge in [0.25, 0.3) is 5.69 Å². The number of hydrogen-bond donors (Lipinski definition) is 0. The van der Waals surface area contributed by atoms with Gasteiger partial charge in [0.2, 0.25) is 0 Å². The molecule has 1 fully saturated rings. The zero-order valence-electron chi connectivity index (χ0n) is 9.00. The summed E-state index contributed by atoms with van der Waals surface area (Å²) in [6, 6.07) is 5.66. The topological polar surface area (TPSA) is 69.4 Å². The molecule has 1 aliphatic rings. The number of carbonyl (C=O) groups excluding carboxylic acids is 1. The van der Waals surface area contributed by atoms with Crippen LogP contribution >= 0.6 is 11.8 Å². The SMILES string of the molecule is O=C(CC1OCCS1)c1ccc([N+](=O)[O-])cc1. The second-order valence-corrected chi connectivity index (χ2v) is 4.87. The fourth-order valence-electron chi connectivity index (χ4n) is 1.56. The fourth-order valence-corrected chi connectivity index (χ4v) is 2.48. The number of thioether (sulfide) groups is 1. The van der Waals surface area contributed by atoms with Crippen LogP contribution in [0.5, 0.6) is 0 Å². The largest absolute Gasteiger partial charge is 0.366 e. The number of carbonyl (C=O) groups is 1. The molecule has 0 aromatic heterocycles. The van der Waals surface area contributed by atoms with Gasteiger partial charge in [0.15, 0.2) is 5.78 Å². The second-order valence-electron chi connectivity index (χ2n) is 3.60. The number of benzene rings is 1. The lowest BCUT2D eigenvalue weighted by atomic mass is 10.1. The van der Waals surface area contributed by atoms with Gasteiger partial charge in [0.05, 0.1) is 11.5 Å². The number of ketones is 1. The van der Waals surface area contributed by atoms with E-state index in [-0.39, 0.29) is 16.9 Å². The summed E-state index contributed by atoms with van der Waals surface area (Å²) in [5.74, 6) is 0.873. The summed E-state index contributed by atoms with van der Waals surface area (Å²) in [4.78, 5) is 21.8. The molecule has 1 heterocycles. The number of rotatable bonds is 4. The predicted octanol–water partition coefficient (Wildman–Crippen LogP) is 2.26. The summed E-state index contributed by atoms with van der Waals surface area (Å²) < 4.78 is 5.34. The first-order valence-electron chi connectivity index (χ1n) is 5.17. The van der Waals surface area contributed by atoms with Crippen LogP contribution in [0.4, 0.5) is 5.69 Å². The van der Waals surface area contributed by atoms with Crippen molar-refractivity contribution in [1.82, 2.24) is 0 Å². The van der Waals surface area contributed by atoms with Crippen LogP contribution < -0.4 is 0 Å². The Morgan fingerprint density at radius 3 is 2.71 bits per heavy atom. The van der Waals surface area contributed by atoms with E-state index in [1.165, 1.54) is 24.3 Å². The third-order valence-electron chi connectivity index (χ3n) is 2.44. The van der Waals surface area contributed by atoms with Gasteiger partial charge in [-0.3, -0.25) is 14.9 Å². The van der Waals surface area contributed by atoms with E-state index < -0.39 is 4.92 Å². The van der Waals surface area contributed by atoms with Crippen molar-refractivity contribution in [3.63, 3.8) is 0 Å². The average molecular weight is 253 g/mol. The van der Waals surface area contributed by atoms with Crippen LogP contribution in [0, 0.1) is 10.1 Å². The predicted molar refractivity (Wildman–Crippen MR) is 64.2 cm³/mol. The fraction of sp³-hybridized carbons (Fsp3) is 0.364. The molecule has 0 N–H and O–H groups in total. The number of ether oxygens (including phenoxy) is 1. The second kappa shape index (κ2) is 5.29. The quantitative estimate of drug-likeness (QED) is 0.467. The Hall–Kier alpha value is -1.40. The first-order chi connectivity index (χ1) is 8.16. The lowest BCUT2D eigenvalue weighted by Crippen LogP contribution is -2.10. The molecule has 0 radical (unpaired) electrons. The maximum absolute atomic E-state index is 11.8. The van der Waals surface area contributed by atoms with Crippen molar-refractivity contribution >= 4 is 23.2 Å². The van der Waals surface area contributed by atoms with Crippen LogP contribution in [-0.4, -0.2) is 28.5 Å².